The number of carbonyl (C=O) groups is 4. The zero-order valence-corrected chi connectivity index (χ0v) is 16.1. The number of benzene rings is 1. The normalized spacial score (nSPS) is 26.2. The molecule has 3 rings (SSSR count). The zero-order valence-electron chi connectivity index (χ0n) is 14.5. The summed E-state index contributed by atoms with van der Waals surface area (Å²) in [5.74, 6) is -5.16. The molecule has 8 nitrogen and oxygen atoms in total. The first-order valence-corrected chi connectivity index (χ1v) is 8.84. The number of fused-ring (bicyclic) bond motifs is 1. The molecule has 3 N–H and O–H groups in total. The predicted molar refractivity (Wildman–Crippen MR) is 99.7 cm³/mol. The van der Waals surface area contributed by atoms with Crippen LogP contribution in [0.3, 0.4) is 0 Å². The first-order valence-electron chi connectivity index (χ1n) is 7.96. The molecule has 0 spiro atoms. The Morgan fingerprint density at radius 1 is 1.19 bits per heavy atom. The predicted octanol–water partition coefficient (Wildman–Crippen LogP) is 0.908. The van der Waals surface area contributed by atoms with Crippen LogP contribution in [-0.4, -0.2) is 61.1 Å². The Morgan fingerprint density at radius 3 is 2.30 bits per heavy atom. The lowest BCUT2D eigenvalue weighted by atomic mass is 9.94. The van der Waals surface area contributed by atoms with Gasteiger partial charge in [0.05, 0.1) is 0 Å². The second kappa shape index (κ2) is 7.40. The molecule has 2 fully saturated rings. The molecule has 1 aromatic carbocycles. The summed E-state index contributed by atoms with van der Waals surface area (Å²) in [6.07, 6.45) is 0. The number of carboxylic acids is 2. The van der Waals surface area contributed by atoms with E-state index in [1.807, 2.05) is 0 Å². The van der Waals surface area contributed by atoms with Gasteiger partial charge >= 0.3 is 11.9 Å². The quantitative estimate of drug-likeness (QED) is 0.483. The Labute approximate surface area is 165 Å². The summed E-state index contributed by atoms with van der Waals surface area (Å²) in [6.45, 7) is 3.45. The van der Waals surface area contributed by atoms with Crippen LogP contribution in [0.15, 0.2) is 30.3 Å². The number of nitrogens with one attached hydrogen (secondary N) is 1. The standard InChI is InChI=1S/C17H18N2O6S.ClH/c1-17(2)11(16(24)25)19-13(21)10(14(19)26-17)18-12(20)9(15(22)23)8-6-4-3-5-7-8;/h3-7,9-11,14H,1-2H3,(H,18,20)(H,22,23)(H,24,25);1H/t9?,10-,11+,14-;/m1./s1. The fourth-order valence-electron chi connectivity index (χ4n) is 3.43. The molecule has 2 amide bonds. The Kier molecular flexibility index (Phi) is 5.77. The van der Waals surface area contributed by atoms with E-state index < -0.39 is 51.9 Å². The average Bonchev–Trinajstić information content (AvgIpc) is 2.82. The van der Waals surface area contributed by atoms with Gasteiger partial charge in [-0.15, -0.1) is 24.2 Å². The second-order valence-corrected chi connectivity index (χ2v) is 8.54. The third kappa shape index (κ3) is 3.49. The maximum absolute atomic E-state index is 12.5. The summed E-state index contributed by atoms with van der Waals surface area (Å²) in [5.41, 5.74) is 0.309. The highest BCUT2D eigenvalue weighted by Gasteiger charge is 2.64. The minimum absolute atomic E-state index is 0. The Balaban J connectivity index is 0.00000261. The summed E-state index contributed by atoms with van der Waals surface area (Å²) >= 11 is 1.29. The molecule has 2 heterocycles. The third-order valence-electron chi connectivity index (χ3n) is 4.61. The fourth-order valence-corrected chi connectivity index (χ4v) is 5.06. The number of amides is 2. The molecule has 10 heteroatoms. The topological polar surface area (TPSA) is 124 Å². The van der Waals surface area contributed by atoms with Gasteiger partial charge in [-0.2, -0.15) is 0 Å². The van der Waals surface area contributed by atoms with E-state index in [2.05, 4.69) is 5.32 Å². The van der Waals surface area contributed by atoms with Crippen LogP contribution in [0.1, 0.15) is 25.3 Å². The van der Waals surface area contributed by atoms with Gasteiger partial charge < -0.3 is 20.4 Å². The van der Waals surface area contributed by atoms with E-state index in [1.54, 1.807) is 32.0 Å². The summed E-state index contributed by atoms with van der Waals surface area (Å²) in [6, 6.07) is 6.10. The Bertz CT molecular complexity index is 787. The Hall–Kier alpha value is -2.26. The molecule has 2 aliphatic heterocycles. The van der Waals surface area contributed by atoms with Gasteiger partial charge in [0, 0.05) is 4.75 Å². The first kappa shape index (κ1) is 21.0. The number of hydrogen-bond acceptors (Lipinski definition) is 5. The number of carboxylic acid groups (broad SMARTS) is 2. The molecule has 146 valence electrons. The SMILES string of the molecule is CC1(C)S[C@@H]2[C@H](NC(=O)C(C(=O)O)c3ccccc3)C(=O)N2[C@H]1C(=O)O.Cl. The zero-order chi connectivity index (χ0) is 19.2. The molecule has 0 aromatic heterocycles. The van der Waals surface area contributed by atoms with Gasteiger partial charge in [-0.1, -0.05) is 30.3 Å². The van der Waals surface area contributed by atoms with Crippen molar-refractivity contribution in [3.8, 4) is 0 Å². The van der Waals surface area contributed by atoms with Gasteiger partial charge in [-0.25, -0.2) is 4.79 Å². The van der Waals surface area contributed by atoms with Crippen molar-refractivity contribution in [1.29, 1.82) is 0 Å². The Morgan fingerprint density at radius 2 is 1.78 bits per heavy atom. The maximum atomic E-state index is 12.5. The molecule has 1 unspecified atom stereocenters. The number of carbonyl (C=O) groups excluding carboxylic acids is 2. The lowest BCUT2D eigenvalue weighted by Crippen LogP contribution is -2.71. The van der Waals surface area contributed by atoms with Crippen molar-refractivity contribution in [2.45, 2.75) is 42.0 Å². The van der Waals surface area contributed by atoms with Crippen molar-refractivity contribution in [2.24, 2.45) is 0 Å². The minimum Gasteiger partial charge on any atom is -0.480 e. The van der Waals surface area contributed by atoms with Crippen LogP contribution in [0, 0.1) is 0 Å². The highest BCUT2D eigenvalue weighted by atomic mass is 35.5. The molecule has 1 aromatic rings. The van der Waals surface area contributed by atoms with E-state index >= 15 is 0 Å². The van der Waals surface area contributed by atoms with Crippen LogP contribution in [0.5, 0.6) is 0 Å². The largest absolute Gasteiger partial charge is 0.480 e. The molecule has 0 radical (unpaired) electrons. The molecule has 0 saturated carbocycles. The van der Waals surface area contributed by atoms with Crippen molar-refractivity contribution < 1.29 is 29.4 Å². The molecule has 4 atom stereocenters. The summed E-state index contributed by atoms with van der Waals surface area (Å²) in [5, 5.41) is 20.8. The van der Waals surface area contributed by atoms with E-state index in [0.717, 1.165) is 0 Å². The number of hydrogen-bond donors (Lipinski definition) is 3. The summed E-state index contributed by atoms with van der Waals surface area (Å²) in [4.78, 5) is 49.2. The van der Waals surface area contributed by atoms with Crippen molar-refractivity contribution in [3.63, 3.8) is 0 Å². The van der Waals surface area contributed by atoms with Gasteiger partial charge in [-0.3, -0.25) is 14.4 Å². The molecular weight excluding hydrogens is 396 g/mol. The number of rotatable bonds is 5. The molecule has 2 aliphatic rings. The monoisotopic (exact) mass is 414 g/mol. The first-order chi connectivity index (χ1) is 12.1. The van der Waals surface area contributed by atoms with Crippen LogP contribution < -0.4 is 5.32 Å². The van der Waals surface area contributed by atoms with Gasteiger partial charge in [0.25, 0.3) is 0 Å². The fraction of sp³-hybridized carbons (Fsp3) is 0.412. The van der Waals surface area contributed by atoms with E-state index in [4.69, 9.17) is 0 Å². The number of β-lactam (4-membered cyclic amide) rings is 1. The minimum atomic E-state index is -1.44. The van der Waals surface area contributed by atoms with Crippen molar-refractivity contribution in [2.75, 3.05) is 0 Å². The van der Waals surface area contributed by atoms with Crippen LogP contribution in [0.4, 0.5) is 0 Å². The highest BCUT2D eigenvalue weighted by molar-refractivity contribution is 8.01. The smallest absolute Gasteiger partial charge is 0.327 e. The van der Waals surface area contributed by atoms with Crippen molar-refractivity contribution >= 4 is 47.9 Å². The van der Waals surface area contributed by atoms with Gasteiger partial charge in [0.1, 0.15) is 17.5 Å². The van der Waals surface area contributed by atoms with E-state index in [9.17, 15) is 29.4 Å². The maximum Gasteiger partial charge on any atom is 0.327 e. The van der Waals surface area contributed by atoms with Crippen LogP contribution in [0.2, 0.25) is 0 Å². The lowest BCUT2D eigenvalue weighted by Gasteiger charge is -2.43. The molecule has 0 bridgehead atoms. The van der Waals surface area contributed by atoms with Gasteiger partial charge in [0.2, 0.25) is 11.8 Å². The molecular formula is C17H19ClN2O6S. The second-order valence-electron chi connectivity index (χ2n) is 6.77. The highest BCUT2D eigenvalue weighted by Crippen LogP contribution is 2.50. The number of aliphatic carboxylic acids is 2. The summed E-state index contributed by atoms with van der Waals surface area (Å²) < 4.78 is -0.711. The van der Waals surface area contributed by atoms with E-state index in [0.29, 0.717) is 5.56 Å². The van der Waals surface area contributed by atoms with Crippen LogP contribution >= 0.6 is 24.2 Å². The number of halogens is 1. The van der Waals surface area contributed by atoms with Crippen molar-refractivity contribution in [3.05, 3.63) is 35.9 Å². The van der Waals surface area contributed by atoms with Crippen LogP contribution in [0.25, 0.3) is 0 Å². The van der Waals surface area contributed by atoms with Crippen LogP contribution in [-0.2, 0) is 19.2 Å². The third-order valence-corrected chi connectivity index (χ3v) is 6.19. The van der Waals surface area contributed by atoms with E-state index in [1.165, 1.54) is 28.8 Å². The van der Waals surface area contributed by atoms with Crippen molar-refractivity contribution in [1.82, 2.24) is 10.2 Å². The molecule has 0 aliphatic carbocycles. The van der Waals surface area contributed by atoms with Gasteiger partial charge in [0.15, 0.2) is 5.92 Å². The average molecular weight is 415 g/mol. The molecule has 27 heavy (non-hydrogen) atoms. The lowest BCUT2D eigenvalue weighted by molar-refractivity contribution is -0.161. The van der Waals surface area contributed by atoms with Gasteiger partial charge in [-0.05, 0) is 19.4 Å². The molecule has 2 saturated heterocycles. The summed E-state index contributed by atoms with van der Waals surface area (Å²) in [7, 11) is 0. The number of nitrogens with zero attached hydrogens (tertiary/aromatic N) is 1. The van der Waals surface area contributed by atoms with E-state index in [-0.39, 0.29) is 12.4 Å². The number of thioether (sulfide) groups is 1.